The van der Waals surface area contributed by atoms with Crippen LogP contribution in [0.2, 0.25) is 0 Å². The van der Waals surface area contributed by atoms with Crippen LogP contribution in [0, 0.1) is 6.92 Å². The highest BCUT2D eigenvalue weighted by atomic mass is 32.1. The predicted molar refractivity (Wildman–Crippen MR) is 101 cm³/mol. The number of carbonyl (C=O) groups excluding carboxylic acids is 2. The zero-order valence-electron chi connectivity index (χ0n) is 14.9. The van der Waals surface area contributed by atoms with Crippen molar-refractivity contribution in [2.75, 3.05) is 27.2 Å². The quantitative estimate of drug-likeness (QED) is 0.747. The second-order valence-electron chi connectivity index (χ2n) is 5.81. The molecule has 26 heavy (non-hydrogen) atoms. The maximum absolute atomic E-state index is 12.4. The maximum Gasteiger partial charge on any atom is 0.409 e. The second-order valence-corrected chi connectivity index (χ2v) is 6.84. The number of rotatable bonds is 5. The number of hydrogen-bond donors (Lipinski definition) is 1. The molecular weight excluding hydrogens is 352 g/mol. The van der Waals surface area contributed by atoms with Crippen molar-refractivity contribution < 1.29 is 14.3 Å². The molecule has 3 rings (SSSR count). The number of benzene rings is 1. The Bertz CT molecular complexity index is 933. The number of carbonyl (C=O) groups is 2. The third-order valence-electron chi connectivity index (χ3n) is 3.99. The van der Waals surface area contributed by atoms with Crippen molar-refractivity contribution in [3.63, 3.8) is 0 Å². The van der Waals surface area contributed by atoms with Crippen molar-refractivity contribution in [3.8, 4) is 5.69 Å². The van der Waals surface area contributed by atoms with Crippen molar-refractivity contribution in [2.24, 2.45) is 0 Å². The van der Waals surface area contributed by atoms with Crippen molar-refractivity contribution in [3.05, 3.63) is 47.0 Å². The lowest BCUT2D eigenvalue weighted by Crippen LogP contribution is -2.35. The number of nitrogens with zero attached hydrogens (tertiary/aromatic N) is 3. The summed E-state index contributed by atoms with van der Waals surface area (Å²) in [5.74, 6) is -0.163. The summed E-state index contributed by atoms with van der Waals surface area (Å²) in [7, 11) is 2.95. The van der Waals surface area contributed by atoms with E-state index >= 15 is 0 Å². The summed E-state index contributed by atoms with van der Waals surface area (Å²) in [6.45, 7) is 2.66. The molecular formula is C18H20N4O3S. The molecule has 0 aliphatic heterocycles. The molecule has 0 saturated carbocycles. The Morgan fingerprint density at radius 1 is 1.31 bits per heavy atom. The Hall–Kier alpha value is -2.87. The second kappa shape index (κ2) is 7.57. The SMILES string of the molecule is COC(=O)N(C)CCNC(=O)c1cc2c(C)nn(-c3ccccc3)c2s1. The normalized spacial score (nSPS) is 10.7. The van der Waals surface area contributed by atoms with Gasteiger partial charge >= 0.3 is 6.09 Å². The largest absolute Gasteiger partial charge is 0.453 e. The molecule has 3 aromatic rings. The van der Waals surface area contributed by atoms with E-state index in [1.54, 1.807) is 7.05 Å². The van der Waals surface area contributed by atoms with Crippen LogP contribution in [0.4, 0.5) is 4.79 Å². The molecule has 1 N–H and O–H groups in total. The smallest absolute Gasteiger partial charge is 0.409 e. The fourth-order valence-corrected chi connectivity index (χ4v) is 3.67. The summed E-state index contributed by atoms with van der Waals surface area (Å²) in [5.41, 5.74) is 1.84. The molecule has 0 spiro atoms. The summed E-state index contributed by atoms with van der Waals surface area (Å²) >= 11 is 1.40. The molecule has 2 aromatic heterocycles. The molecule has 0 atom stereocenters. The first kappa shape index (κ1) is 17.9. The van der Waals surface area contributed by atoms with Gasteiger partial charge in [0.1, 0.15) is 4.83 Å². The molecule has 0 unspecified atom stereocenters. The van der Waals surface area contributed by atoms with Crippen molar-refractivity contribution >= 4 is 33.6 Å². The van der Waals surface area contributed by atoms with Gasteiger partial charge in [-0.3, -0.25) is 4.79 Å². The van der Waals surface area contributed by atoms with E-state index in [-0.39, 0.29) is 5.91 Å². The number of fused-ring (bicyclic) bond motifs is 1. The number of amides is 2. The highest BCUT2D eigenvalue weighted by molar-refractivity contribution is 7.20. The van der Waals surface area contributed by atoms with Gasteiger partial charge in [-0.1, -0.05) is 18.2 Å². The van der Waals surface area contributed by atoms with E-state index in [0.29, 0.717) is 18.0 Å². The minimum absolute atomic E-state index is 0.163. The fraction of sp³-hybridized carbons (Fsp3) is 0.278. The predicted octanol–water partition coefficient (Wildman–Crippen LogP) is 2.82. The van der Waals surface area contributed by atoms with Crippen LogP contribution in [0.5, 0.6) is 0 Å². The summed E-state index contributed by atoms with van der Waals surface area (Å²) in [5, 5.41) is 8.37. The first-order valence-corrected chi connectivity index (χ1v) is 8.94. The highest BCUT2D eigenvalue weighted by Crippen LogP contribution is 2.30. The van der Waals surface area contributed by atoms with Gasteiger partial charge in [0.15, 0.2) is 0 Å². The number of aromatic nitrogens is 2. The van der Waals surface area contributed by atoms with Gasteiger partial charge in [-0.2, -0.15) is 5.10 Å². The monoisotopic (exact) mass is 372 g/mol. The first-order valence-electron chi connectivity index (χ1n) is 8.13. The molecule has 8 heteroatoms. The summed E-state index contributed by atoms with van der Waals surface area (Å²) < 4.78 is 6.48. The fourth-order valence-electron chi connectivity index (χ4n) is 2.57. The lowest BCUT2D eigenvalue weighted by molar-refractivity contribution is 0.0948. The molecule has 0 aliphatic rings. The molecule has 1 aromatic carbocycles. The van der Waals surface area contributed by atoms with Gasteiger partial charge in [-0.05, 0) is 25.1 Å². The van der Waals surface area contributed by atoms with Gasteiger partial charge in [-0.15, -0.1) is 11.3 Å². The van der Waals surface area contributed by atoms with Crippen LogP contribution in [0.3, 0.4) is 0 Å². The van der Waals surface area contributed by atoms with E-state index < -0.39 is 6.09 Å². The highest BCUT2D eigenvalue weighted by Gasteiger charge is 2.17. The summed E-state index contributed by atoms with van der Waals surface area (Å²) in [4.78, 5) is 26.7. The Labute approximate surface area is 155 Å². The molecule has 2 amide bonds. The van der Waals surface area contributed by atoms with E-state index in [4.69, 9.17) is 0 Å². The van der Waals surface area contributed by atoms with Crippen LogP contribution in [-0.2, 0) is 4.74 Å². The standard InChI is InChI=1S/C18H20N4O3S/c1-12-14-11-15(16(23)19-9-10-21(2)18(24)25-3)26-17(14)22(20-12)13-7-5-4-6-8-13/h4-8,11H,9-10H2,1-3H3,(H,19,23). The first-order chi connectivity index (χ1) is 12.5. The van der Waals surface area contributed by atoms with Gasteiger partial charge in [0, 0.05) is 25.5 Å². The van der Waals surface area contributed by atoms with Crippen LogP contribution in [0.25, 0.3) is 15.9 Å². The lowest BCUT2D eigenvalue weighted by atomic mass is 10.3. The third-order valence-corrected chi connectivity index (χ3v) is 5.10. The molecule has 0 aliphatic carbocycles. The van der Waals surface area contributed by atoms with Gasteiger partial charge in [0.2, 0.25) is 0 Å². The van der Waals surface area contributed by atoms with Gasteiger partial charge in [0.25, 0.3) is 5.91 Å². The van der Waals surface area contributed by atoms with Gasteiger partial charge in [0.05, 0.1) is 23.4 Å². The Morgan fingerprint density at radius 2 is 2.04 bits per heavy atom. The number of ether oxygens (including phenoxy) is 1. The van der Waals surface area contributed by atoms with E-state index in [2.05, 4.69) is 15.2 Å². The number of aryl methyl sites for hydroxylation is 1. The summed E-state index contributed by atoms with van der Waals surface area (Å²) in [6.07, 6.45) is -0.431. The average Bonchev–Trinajstić information content (AvgIpc) is 3.22. The lowest BCUT2D eigenvalue weighted by Gasteiger charge is -2.15. The van der Waals surface area contributed by atoms with Crippen molar-refractivity contribution in [1.82, 2.24) is 20.0 Å². The van der Waals surface area contributed by atoms with Crippen LogP contribution >= 0.6 is 11.3 Å². The Balaban J connectivity index is 1.75. The minimum atomic E-state index is -0.431. The van der Waals surface area contributed by atoms with E-state index in [1.165, 1.54) is 23.3 Å². The zero-order chi connectivity index (χ0) is 18.7. The number of hydrogen-bond acceptors (Lipinski definition) is 5. The van der Waals surface area contributed by atoms with Crippen LogP contribution in [-0.4, -0.2) is 53.9 Å². The molecule has 2 heterocycles. The van der Waals surface area contributed by atoms with E-state index in [0.717, 1.165) is 21.6 Å². The maximum atomic E-state index is 12.4. The molecule has 7 nitrogen and oxygen atoms in total. The van der Waals surface area contributed by atoms with Crippen LogP contribution < -0.4 is 5.32 Å². The molecule has 136 valence electrons. The average molecular weight is 372 g/mol. The topological polar surface area (TPSA) is 76.5 Å². The Kier molecular flexibility index (Phi) is 5.22. The summed E-state index contributed by atoms with van der Waals surface area (Å²) in [6, 6.07) is 11.7. The van der Waals surface area contributed by atoms with E-state index in [1.807, 2.05) is 48.0 Å². The van der Waals surface area contributed by atoms with Crippen molar-refractivity contribution in [2.45, 2.75) is 6.92 Å². The minimum Gasteiger partial charge on any atom is -0.453 e. The number of thiophene rings is 1. The van der Waals surface area contributed by atoms with Crippen LogP contribution in [0.1, 0.15) is 15.4 Å². The molecule has 0 bridgehead atoms. The zero-order valence-corrected chi connectivity index (χ0v) is 15.7. The van der Waals surface area contributed by atoms with Gasteiger partial charge < -0.3 is 15.0 Å². The number of methoxy groups -OCH3 is 1. The number of likely N-dealkylation sites (N-methyl/N-ethyl adjacent to an activating group) is 1. The third kappa shape index (κ3) is 3.55. The molecule has 0 fully saturated rings. The van der Waals surface area contributed by atoms with Crippen molar-refractivity contribution in [1.29, 1.82) is 0 Å². The van der Waals surface area contributed by atoms with Gasteiger partial charge in [-0.25, -0.2) is 9.48 Å². The Morgan fingerprint density at radius 3 is 2.73 bits per heavy atom. The molecule has 0 radical (unpaired) electrons. The van der Waals surface area contributed by atoms with Crippen LogP contribution in [0.15, 0.2) is 36.4 Å². The van der Waals surface area contributed by atoms with E-state index in [9.17, 15) is 9.59 Å². The molecule has 0 saturated heterocycles. The number of nitrogens with one attached hydrogen (secondary N) is 1. The number of para-hydroxylation sites is 1.